The molecule has 0 N–H and O–H groups in total. The van der Waals surface area contributed by atoms with Crippen LogP contribution in [0.5, 0.6) is 0 Å². The number of carbonyl (C=O) groups is 1. The summed E-state index contributed by atoms with van der Waals surface area (Å²) in [6, 6.07) is 7.64. The number of hydrogen-bond donors (Lipinski definition) is 0. The topological polar surface area (TPSA) is 20.3 Å². The molecule has 1 saturated heterocycles. The van der Waals surface area contributed by atoms with E-state index in [-0.39, 0.29) is 5.24 Å². The lowest BCUT2D eigenvalue weighted by atomic mass is 10.1. The average Bonchev–Trinajstić information content (AvgIpc) is 2.58. The average molecular weight is 252 g/mol. The fraction of sp³-hybridized carbons (Fsp3) is 0.500. The molecule has 1 aliphatic heterocycles. The minimum atomic E-state index is -0.372. The highest BCUT2D eigenvalue weighted by molar-refractivity contribution is 6.67. The molecular formula is C14H18ClNO. The maximum Gasteiger partial charge on any atom is 0.252 e. The Morgan fingerprint density at radius 2 is 1.88 bits per heavy atom. The molecule has 1 aliphatic rings. The van der Waals surface area contributed by atoms with Crippen molar-refractivity contribution < 1.29 is 4.79 Å². The third kappa shape index (κ3) is 3.83. The lowest BCUT2D eigenvalue weighted by molar-refractivity contribution is 0.108. The van der Waals surface area contributed by atoms with Crippen molar-refractivity contribution in [3.63, 3.8) is 0 Å². The van der Waals surface area contributed by atoms with Gasteiger partial charge in [0.15, 0.2) is 0 Å². The number of carbonyl (C=O) groups excluding carboxylic acids is 1. The van der Waals surface area contributed by atoms with E-state index in [4.69, 9.17) is 11.6 Å². The van der Waals surface area contributed by atoms with Gasteiger partial charge in [0.05, 0.1) is 0 Å². The molecule has 0 unspecified atom stereocenters. The van der Waals surface area contributed by atoms with Gasteiger partial charge in [-0.25, -0.2) is 0 Å². The van der Waals surface area contributed by atoms with Crippen molar-refractivity contribution in [2.75, 3.05) is 13.1 Å². The van der Waals surface area contributed by atoms with E-state index in [1.807, 2.05) is 12.1 Å². The summed E-state index contributed by atoms with van der Waals surface area (Å²) in [7, 11) is 0. The van der Waals surface area contributed by atoms with Crippen LogP contribution >= 0.6 is 11.6 Å². The zero-order chi connectivity index (χ0) is 12.1. The summed E-state index contributed by atoms with van der Waals surface area (Å²) >= 11 is 5.49. The molecule has 0 saturated carbocycles. The van der Waals surface area contributed by atoms with Crippen LogP contribution in [0.2, 0.25) is 0 Å². The number of nitrogens with zero attached hydrogens (tertiary/aromatic N) is 1. The van der Waals surface area contributed by atoms with Crippen LogP contribution in [0.25, 0.3) is 0 Å². The predicted octanol–water partition coefficient (Wildman–Crippen LogP) is 3.44. The Morgan fingerprint density at radius 3 is 2.53 bits per heavy atom. The number of hydrogen-bond acceptors (Lipinski definition) is 2. The molecule has 1 aromatic rings. The predicted molar refractivity (Wildman–Crippen MR) is 70.4 cm³/mol. The fourth-order valence-corrected chi connectivity index (χ4v) is 2.46. The van der Waals surface area contributed by atoms with Crippen molar-refractivity contribution in [1.82, 2.24) is 4.90 Å². The molecular weight excluding hydrogens is 234 g/mol. The minimum absolute atomic E-state index is 0.372. The summed E-state index contributed by atoms with van der Waals surface area (Å²) in [5.41, 5.74) is 1.78. The molecule has 0 aromatic heterocycles. The molecule has 17 heavy (non-hydrogen) atoms. The van der Waals surface area contributed by atoms with Gasteiger partial charge in [0, 0.05) is 12.1 Å². The Kier molecular flexibility index (Phi) is 4.57. The van der Waals surface area contributed by atoms with E-state index in [2.05, 4.69) is 11.0 Å². The summed E-state index contributed by atoms with van der Waals surface area (Å²) in [5.74, 6) is 0. The second kappa shape index (κ2) is 6.18. The Labute approximate surface area is 108 Å². The standard InChI is InChI=1S/C14H18ClNO/c15-14(17)13-7-5-6-12(10-13)11-16-8-3-1-2-4-9-16/h5-7,10H,1-4,8-9,11H2. The van der Waals surface area contributed by atoms with Crippen molar-refractivity contribution in [3.05, 3.63) is 35.4 Å². The van der Waals surface area contributed by atoms with Gasteiger partial charge in [-0.05, 0) is 49.2 Å². The number of likely N-dealkylation sites (tertiary alicyclic amines) is 1. The van der Waals surface area contributed by atoms with E-state index in [9.17, 15) is 4.79 Å². The van der Waals surface area contributed by atoms with Crippen molar-refractivity contribution in [2.24, 2.45) is 0 Å². The van der Waals surface area contributed by atoms with Crippen molar-refractivity contribution >= 4 is 16.8 Å². The molecule has 1 fully saturated rings. The maximum atomic E-state index is 11.1. The highest BCUT2D eigenvalue weighted by Gasteiger charge is 2.10. The summed E-state index contributed by atoms with van der Waals surface area (Å²) in [6.45, 7) is 3.26. The maximum absolute atomic E-state index is 11.1. The number of halogens is 1. The molecule has 0 atom stereocenters. The van der Waals surface area contributed by atoms with Gasteiger partial charge in [-0.2, -0.15) is 0 Å². The first-order valence-electron chi connectivity index (χ1n) is 6.27. The number of benzene rings is 1. The zero-order valence-corrected chi connectivity index (χ0v) is 10.7. The summed E-state index contributed by atoms with van der Waals surface area (Å²) in [4.78, 5) is 13.6. The van der Waals surface area contributed by atoms with Crippen LogP contribution in [0, 0.1) is 0 Å². The van der Waals surface area contributed by atoms with Crippen LogP contribution in [0.1, 0.15) is 41.6 Å². The summed E-state index contributed by atoms with van der Waals surface area (Å²) in [6.07, 6.45) is 5.26. The van der Waals surface area contributed by atoms with Crippen LogP contribution in [0.4, 0.5) is 0 Å². The third-order valence-corrected chi connectivity index (χ3v) is 3.48. The monoisotopic (exact) mass is 251 g/mol. The van der Waals surface area contributed by atoms with E-state index < -0.39 is 0 Å². The van der Waals surface area contributed by atoms with Crippen LogP contribution in [-0.2, 0) is 6.54 Å². The smallest absolute Gasteiger partial charge is 0.252 e. The molecule has 3 heteroatoms. The molecule has 1 aromatic carbocycles. The molecule has 0 radical (unpaired) electrons. The molecule has 0 aliphatic carbocycles. The van der Waals surface area contributed by atoms with E-state index in [1.54, 1.807) is 6.07 Å². The normalized spacial score (nSPS) is 17.7. The van der Waals surface area contributed by atoms with Crippen LogP contribution in [0.15, 0.2) is 24.3 Å². The second-order valence-corrected chi connectivity index (χ2v) is 5.01. The van der Waals surface area contributed by atoms with E-state index >= 15 is 0 Å². The molecule has 2 rings (SSSR count). The molecule has 1 heterocycles. The van der Waals surface area contributed by atoms with Crippen LogP contribution < -0.4 is 0 Å². The molecule has 0 amide bonds. The quantitative estimate of drug-likeness (QED) is 0.767. The van der Waals surface area contributed by atoms with Gasteiger partial charge in [0.25, 0.3) is 5.24 Å². The molecule has 92 valence electrons. The van der Waals surface area contributed by atoms with Gasteiger partial charge in [0.2, 0.25) is 0 Å². The van der Waals surface area contributed by atoms with Gasteiger partial charge in [-0.15, -0.1) is 0 Å². The first kappa shape index (κ1) is 12.6. The second-order valence-electron chi connectivity index (χ2n) is 4.66. The Bertz CT molecular complexity index is 384. The minimum Gasteiger partial charge on any atom is -0.299 e. The molecule has 0 spiro atoms. The van der Waals surface area contributed by atoms with Crippen LogP contribution in [0.3, 0.4) is 0 Å². The summed E-state index contributed by atoms with van der Waals surface area (Å²) in [5, 5.41) is -0.372. The highest BCUT2D eigenvalue weighted by atomic mass is 35.5. The zero-order valence-electron chi connectivity index (χ0n) is 9.99. The van der Waals surface area contributed by atoms with E-state index in [0.29, 0.717) is 5.56 Å². The van der Waals surface area contributed by atoms with Crippen molar-refractivity contribution in [2.45, 2.75) is 32.2 Å². The molecule has 2 nitrogen and oxygen atoms in total. The van der Waals surface area contributed by atoms with Crippen LogP contribution in [-0.4, -0.2) is 23.2 Å². The first-order chi connectivity index (χ1) is 8.25. The van der Waals surface area contributed by atoms with Gasteiger partial charge < -0.3 is 0 Å². The van der Waals surface area contributed by atoms with Crippen molar-refractivity contribution in [3.8, 4) is 0 Å². The lowest BCUT2D eigenvalue weighted by Crippen LogP contribution is -2.24. The Hall–Kier alpha value is -0.860. The Balaban J connectivity index is 2.01. The first-order valence-corrected chi connectivity index (χ1v) is 6.64. The van der Waals surface area contributed by atoms with E-state index in [0.717, 1.165) is 6.54 Å². The third-order valence-electron chi connectivity index (χ3n) is 3.26. The van der Waals surface area contributed by atoms with Crippen molar-refractivity contribution in [1.29, 1.82) is 0 Å². The largest absolute Gasteiger partial charge is 0.299 e. The number of rotatable bonds is 3. The van der Waals surface area contributed by atoms with Gasteiger partial charge in [-0.3, -0.25) is 9.69 Å². The van der Waals surface area contributed by atoms with Gasteiger partial charge in [0.1, 0.15) is 0 Å². The lowest BCUT2D eigenvalue weighted by Gasteiger charge is -2.19. The fourth-order valence-electron chi connectivity index (χ4n) is 2.34. The summed E-state index contributed by atoms with van der Waals surface area (Å²) < 4.78 is 0. The Morgan fingerprint density at radius 1 is 1.18 bits per heavy atom. The van der Waals surface area contributed by atoms with E-state index in [1.165, 1.54) is 44.3 Å². The highest BCUT2D eigenvalue weighted by Crippen LogP contribution is 2.14. The SMILES string of the molecule is O=C(Cl)c1cccc(CN2CCCCCC2)c1. The van der Waals surface area contributed by atoms with Gasteiger partial charge in [-0.1, -0.05) is 31.0 Å². The van der Waals surface area contributed by atoms with Gasteiger partial charge >= 0.3 is 0 Å². The molecule has 0 bridgehead atoms.